The predicted octanol–water partition coefficient (Wildman–Crippen LogP) is 4.08. The number of carbonyl (C=O) groups is 1. The minimum atomic E-state index is -3.66. The van der Waals surface area contributed by atoms with Gasteiger partial charge in [-0.15, -0.1) is 0 Å². The molecule has 0 radical (unpaired) electrons. The lowest BCUT2D eigenvalue weighted by Gasteiger charge is -2.26. The lowest BCUT2D eigenvalue weighted by molar-refractivity contribution is 0.0742. The van der Waals surface area contributed by atoms with Gasteiger partial charge in [0.15, 0.2) is 0 Å². The van der Waals surface area contributed by atoms with E-state index in [1.807, 2.05) is 19.1 Å². The van der Waals surface area contributed by atoms with E-state index in [0.717, 1.165) is 9.87 Å². The second-order valence-electron chi connectivity index (χ2n) is 6.07. The average molecular weight is 415 g/mol. The van der Waals surface area contributed by atoms with Gasteiger partial charge in [-0.05, 0) is 42.8 Å². The molecule has 0 bridgehead atoms. The van der Waals surface area contributed by atoms with Crippen LogP contribution in [0, 0.1) is 0 Å². The highest BCUT2D eigenvalue weighted by atomic mass is 35.5. The molecule has 1 amide bonds. The molecule has 0 heterocycles. The van der Waals surface area contributed by atoms with E-state index in [0.29, 0.717) is 5.02 Å². The summed E-state index contributed by atoms with van der Waals surface area (Å²) in [4.78, 5) is 14.4. The number of halogens is 2. The molecule has 5 nitrogen and oxygen atoms in total. The fraction of sp³-hybridized carbons (Fsp3) is 0.278. The van der Waals surface area contributed by atoms with Crippen molar-refractivity contribution in [1.29, 1.82) is 0 Å². The molecule has 26 heavy (non-hydrogen) atoms. The van der Waals surface area contributed by atoms with Gasteiger partial charge in [-0.3, -0.25) is 4.79 Å². The molecular weight excluding hydrogens is 395 g/mol. The van der Waals surface area contributed by atoms with Gasteiger partial charge in [0.1, 0.15) is 0 Å². The van der Waals surface area contributed by atoms with Crippen LogP contribution in [-0.4, -0.2) is 44.7 Å². The molecule has 0 aliphatic heterocycles. The lowest BCUT2D eigenvalue weighted by atomic mass is 10.1. The highest BCUT2D eigenvalue weighted by Crippen LogP contribution is 2.27. The van der Waals surface area contributed by atoms with Crippen LogP contribution >= 0.6 is 23.2 Å². The van der Waals surface area contributed by atoms with Crippen LogP contribution in [0.5, 0.6) is 0 Å². The van der Waals surface area contributed by atoms with Crippen molar-refractivity contribution in [1.82, 2.24) is 9.21 Å². The van der Waals surface area contributed by atoms with Crippen molar-refractivity contribution in [2.24, 2.45) is 0 Å². The Hall–Kier alpha value is -1.60. The summed E-state index contributed by atoms with van der Waals surface area (Å²) in [6, 6.07) is 11.1. The molecule has 0 saturated carbocycles. The van der Waals surface area contributed by atoms with Gasteiger partial charge in [0, 0.05) is 26.2 Å². The van der Waals surface area contributed by atoms with Gasteiger partial charge < -0.3 is 4.90 Å². The first-order valence-corrected chi connectivity index (χ1v) is 10.00. The lowest BCUT2D eigenvalue weighted by Crippen LogP contribution is -2.30. The Bertz CT molecular complexity index is 913. The Balaban J connectivity index is 2.38. The van der Waals surface area contributed by atoms with E-state index in [1.165, 1.54) is 37.2 Å². The molecule has 1 atom stereocenters. The standard InChI is InChI=1S/C18H20Cl2N2O3S/c1-12(13-5-7-14(19)8-6-13)22(4)18(23)16-11-15(9-10-17(16)20)26(24,25)21(2)3/h5-12H,1-4H3. The fourth-order valence-corrected chi connectivity index (χ4v) is 3.62. The quantitative estimate of drug-likeness (QED) is 0.740. The summed E-state index contributed by atoms with van der Waals surface area (Å²) in [5.74, 6) is -0.367. The number of benzene rings is 2. The third kappa shape index (κ3) is 4.20. The summed E-state index contributed by atoms with van der Waals surface area (Å²) in [7, 11) is 0.842. The van der Waals surface area contributed by atoms with Gasteiger partial charge >= 0.3 is 0 Å². The molecule has 140 valence electrons. The van der Waals surface area contributed by atoms with Crippen LogP contribution in [0.15, 0.2) is 47.4 Å². The Morgan fingerprint density at radius 3 is 2.12 bits per heavy atom. The summed E-state index contributed by atoms with van der Waals surface area (Å²) in [5.41, 5.74) is 1.04. The Kier molecular flexibility index (Phi) is 6.34. The van der Waals surface area contributed by atoms with Crippen molar-refractivity contribution in [3.8, 4) is 0 Å². The molecule has 0 aliphatic carbocycles. The van der Waals surface area contributed by atoms with E-state index in [4.69, 9.17) is 23.2 Å². The number of amides is 1. The Labute approximate surface area is 164 Å². The zero-order chi connectivity index (χ0) is 19.6. The van der Waals surface area contributed by atoms with Gasteiger partial charge in [0.05, 0.1) is 21.5 Å². The summed E-state index contributed by atoms with van der Waals surface area (Å²) in [5, 5.41) is 0.808. The van der Waals surface area contributed by atoms with Crippen molar-refractivity contribution in [2.45, 2.75) is 17.9 Å². The van der Waals surface area contributed by atoms with E-state index in [-0.39, 0.29) is 27.4 Å². The molecule has 0 aromatic heterocycles. The summed E-state index contributed by atoms with van der Waals surface area (Å²) in [6.45, 7) is 1.87. The summed E-state index contributed by atoms with van der Waals surface area (Å²) < 4.78 is 25.7. The normalized spacial score (nSPS) is 12.9. The second-order valence-corrected chi connectivity index (χ2v) is 9.07. The van der Waals surface area contributed by atoms with Crippen molar-refractivity contribution in [2.75, 3.05) is 21.1 Å². The summed E-state index contributed by atoms with van der Waals surface area (Å²) in [6.07, 6.45) is 0. The number of sulfonamides is 1. The molecule has 0 spiro atoms. The van der Waals surface area contributed by atoms with E-state index in [2.05, 4.69) is 0 Å². The summed E-state index contributed by atoms with van der Waals surface area (Å²) >= 11 is 12.1. The monoisotopic (exact) mass is 414 g/mol. The SMILES string of the molecule is CC(c1ccc(Cl)cc1)N(C)C(=O)c1cc(S(=O)(=O)N(C)C)ccc1Cl. The maximum absolute atomic E-state index is 12.9. The van der Waals surface area contributed by atoms with Gasteiger partial charge in [-0.2, -0.15) is 0 Å². The van der Waals surface area contributed by atoms with Crippen LogP contribution in [0.3, 0.4) is 0 Å². The maximum Gasteiger partial charge on any atom is 0.255 e. The van der Waals surface area contributed by atoms with Crippen LogP contribution in [0.1, 0.15) is 28.9 Å². The van der Waals surface area contributed by atoms with E-state index < -0.39 is 10.0 Å². The molecule has 2 aromatic carbocycles. The molecule has 2 rings (SSSR count). The van der Waals surface area contributed by atoms with Crippen molar-refractivity contribution in [3.63, 3.8) is 0 Å². The van der Waals surface area contributed by atoms with Crippen molar-refractivity contribution in [3.05, 3.63) is 63.6 Å². The highest BCUT2D eigenvalue weighted by Gasteiger charge is 2.24. The second kappa shape index (κ2) is 7.96. The third-order valence-electron chi connectivity index (χ3n) is 4.20. The minimum Gasteiger partial charge on any atom is -0.335 e. The number of carbonyl (C=O) groups excluding carboxylic acids is 1. The van der Waals surface area contributed by atoms with Crippen LogP contribution < -0.4 is 0 Å². The Morgan fingerprint density at radius 1 is 1.00 bits per heavy atom. The zero-order valence-electron chi connectivity index (χ0n) is 14.9. The highest BCUT2D eigenvalue weighted by molar-refractivity contribution is 7.89. The van der Waals surface area contributed by atoms with Crippen LogP contribution in [0.4, 0.5) is 0 Å². The van der Waals surface area contributed by atoms with Crippen LogP contribution in [0.2, 0.25) is 10.0 Å². The van der Waals surface area contributed by atoms with E-state index in [9.17, 15) is 13.2 Å². The van der Waals surface area contributed by atoms with E-state index >= 15 is 0 Å². The smallest absolute Gasteiger partial charge is 0.255 e. The first-order chi connectivity index (χ1) is 12.1. The number of hydrogen-bond donors (Lipinski definition) is 0. The molecule has 8 heteroatoms. The van der Waals surface area contributed by atoms with Crippen molar-refractivity contribution < 1.29 is 13.2 Å². The number of rotatable bonds is 5. The molecule has 0 N–H and O–H groups in total. The van der Waals surface area contributed by atoms with Gasteiger partial charge in [0.25, 0.3) is 5.91 Å². The van der Waals surface area contributed by atoms with E-state index in [1.54, 1.807) is 19.2 Å². The van der Waals surface area contributed by atoms with Crippen molar-refractivity contribution >= 4 is 39.1 Å². The molecule has 0 aliphatic rings. The molecular formula is C18H20Cl2N2O3S. The average Bonchev–Trinajstić information content (AvgIpc) is 2.60. The zero-order valence-corrected chi connectivity index (χ0v) is 17.2. The van der Waals surface area contributed by atoms with Crippen LogP contribution in [-0.2, 0) is 10.0 Å². The molecule has 0 saturated heterocycles. The maximum atomic E-state index is 12.9. The minimum absolute atomic E-state index is 0.0165. The first kappa shape index (κ1) is 20.7. The Morgan fingerprint density at radius 2 is 1.58 bits per heavy atom. The third-order valence-corrected chi connectivity index (χ3v) is 6.59. The topological polar surface area (TPSA) is 57.7 Å². The molecule has 1 unspecified atom stereocenters. The van der Waals surface area contributed by atoms with Gasteiger partial charge in [0.2, 0.25) is 10.0 Å². The number of hydrogen-bond acceptors (Lipinski definition) is 3. The molecule has 2 aromatic rings. The number of nitrogens with zero attached hydrogens (tertiary/aromatic N) is 2. The van der Waals surface area contributed by atoms with Gasteiger partial charge in [-0.1, -0.05) is 35.3 Å². The first-order valence-electron chi connectivity index (χ1n) is 7.80. The van der Waals surface area contributed by atoms with Gasteiger partial charge in [-0.25, -0.2) is 12.7 Å². The largest absolute Gasteiger partial charge is 0.335 e. The predicted molar refractivity (Wildman–Crippen MR) is 104 cm³/mol. The van der Waals surface area contributed by atoms with Crippen LogP contribution in [0.25, 0.3) is 0 Å². The molecule has 0 fully saturated rings. The fourth-order valence-electron chi connectivity index (χ4n) is 2.37.